The van der Waals surface area contributed by atoms with Crippen LogP contribution in [-0.4, -0.2) is 25.7 Å². The van der Waals surface area contributed by atoms with E-state index in [0.717, 1.165) is 6.42 Å². The highest BCUT2D eigenvalue weighted by Gasteiger charge is 2.21. The van der Waals surface area contributed by atoms with Gasteiger partial charge in [0, 0.05) is 18.4 Å². The Morgan fingerprint density at radius 2 is 2.00 bits per heavy atom. The number of fused-ring (bicyclic) bond motifs is 2. The molecule has 0 saturated carbocycles. The molecule has 138 valence electrons. The van der Waals surface area contributed by atoms with Gasteiger partial charge in [-0.3, -0.25) is 4.79 Å². The number of hydrogen-bond acceptors (Lipinski definition) is 5. The number of carbonyl (C=O) groups excluding carboxylic acids is 1. The molecule has 3 aromatic rings. The van der Waals surface area contributed by atoms with Gasteiger partial charge in [-0.2, -0.15) is 0 Å². The molecule has 0 fully saturated rings. The number of carbonyl (C=O) groups is 1. The largest absolute Gasteiger partial charge is 0.493 e. The number of rotatable bonds is 4. The highest BCUT2D eigenvalue weighted by atomic mass is 16.5. The molecule has 0 saturated heterocycles. The van der Waals surface area contributed by atoms with Crippen LogP contribution in [-0.2, 0) is 17.8 Å². The molecular weight excluding hydrogens is 346 g/mol. The topological polar surface area (TPSA) is 77.8 Å². The summed E-state index contributed by atoms with van der Waals surface area (Å²) in [7, 11) is 1.50. The summed E-state index contributed by atoms with van der Waals surface area (Å²) in [5.74, 6) is -0.0262. The lowest BCUT2D eigenvalue weighted by molar-refractivity contribution is 0.0284. The summed E-state index contributed by atoms with van der Waals surface area (Å²) >= 11 is 0. The SMILES string of the molecule is COc1cccc2cc(C(=O)NCC3Cc4ccccc4CO3)c(=O)oc12. The summed E-state index contributed by atoms with van der Waals surface area (Å²) in [5, 5.41) is 3.41. The molecule has 4 rings (SSSR count). The minimum absolute atomic E-state index is 0.0352. The van der Waals surface area contributed by atoms with Crippen molar-refractivity contribution in [3.63, 3.8) is 0 Å². The van der Waals surface area contributed by atoms with Gasteiger partial charge in [-0.1, -0.05) is 36.4 Å². The summed E-state index contributed by atoms with van der Waals surface area (Å²) in [6.07, 6.45) is 0.594. The van der Waals surface area contributed by atoms with Crippen LogP contribution >= 0.6 is 0 Å². The lowest BCUT2D eigenvalue weighted by atomic mass is 9.99. The van der Waals surface area contributed by atoms with Crippen molar-refractivity contribution in [2.75, 3.05) is 13.7 Å². The van der Waals surface area contributed by atoms with Crippen molar-refractivity contribution in [3.8, 4) is 5.75 Å². The zero-order valence-corrected chi connectivity index (χ0v) is 14.9. The molecule has 1 aliphatic heterocycles. The number of hydrogen-bond donors (Lipinski definition) is 1. The average Bonchev–Trinajstić information content (AvgIpc) is 2.71. The second kappa shape index (κ2) is 7.25. The number of nitrogens with one attached hydrogen (secondary N) is 1. The first kappa shape index (κ1) is 17.3. The molecule has 1 unspecified atom stereocenters. The van der Waals surface area contributed by atoms with Gasteiger partial charge in [0.2, 0.25) is 0 Å². The third kappa shape index (κ3) is 3.44. The van der Waals surface area contributed by atoms with Crippen LogP contribution in [0.1, 0.15) is 21.5 Å². The zero-order valence-electron chi connectivity index (χ0n) is 14.9. The van der Waals surface area contributed by atoms with Gasteiger partial charge in [-0.25, -0.2) is 4.79 Å². The number of methoxy groups -OCH3 is 1. The molecule has 27 heavy (non-hydrogen) atoms. The summed E-state index contributed by atoms with van der Waals surface area (Å²) in [6.45, 7) is 0.845. The van der Waals surface area contributed by atoms with Crippen molar-refractivity contribution >= 4 is 16.9 Å². The first-order valence-corrected chi connectivity index (χ1v) is 8.73. The second-order valence-corrected chi connectivity index (χ2v) is 6.44. The fourth-order valence-electron chi connectivity index (χ4n) is 3.28. The molecule has 0 radical (unpaired) electrons. The van der Waals surface area contributed by atoms with E-state index in [9.17, 15) is 9.59 Å². The van der Waals surface area contributed by atoms with E-state index in [1.165, 1.54) is 24.3 Å². The van der Waals surface area contributed by atoms with Gasteiger partial charge in [0.1, 0.15) is 5.56 Å². The van der Waals surface area contributed by atoms with Crippen LogP contribution in [0.3, 0.4) is 0 Å². The standard InChI is InChI=1S/C21H19NO5/c1-25-18-8-4-7-14-10-17(21(24)27-19(14)18)20(23)22-11-16-9-13-5-2-3-6-15(13)12-26-16/h2-8,10,16H,9,11-12H2,1H3,(H,22,23). The van der Waals surface area contributed by atoms with Crippen molar-refractivity contribution < 1.29 is 18.7 Å². The van der Waals surface area contributed by atoms with Crippen molar-refractivity contribution in [1.29, 1.82) is 0 Å². The second-order valence-electron chi connectivity index (χ2n) is 6.44. The lowest BCUT2D eigenvalue weighted by Crippen LogP contribution is -2.38. The van der Waals surface area contributed by atoms with Gasteiger partial charge in [-0.15, -0.1) is 0 Å². The van der Waals surface area contributed by atoms with Gasteiger partial charge in [-0.05, 0) is 23.3 Å². The van der Waals surface area contributed by atoms with Crippen LogP contribution < -0.4 is 15.7 Å². The maximum atomic E-state index is 12.5. The highest BCUT2D eigenvalue weighted by Crippen LogP contribution is 2.24. The van der Waals surface area contributed by atoms with E-state index in [-0.39, 0.29) is 11.7 Å². The predicted octanol–water partition coefficient (Wildman–Crippen LogP) is 2.67. The molecule has 1 amide bonds. The van der Waals surface area contributed by atoms with E-state index in [0.29, 0.717) is 29.9 Å². The fraction of sp³-hybridized carbons (Fsp3) is 0.238. The Morgan fingerprint density at radius 1 is 1.19 bits per heavy atom. The molecule has 6 nitrogen and oxygen atoms in total. The van der Waals surface area contributed by atoms with E-state index in [2.05, 4.69) is 11.4 Å². The van der Waals surface area contributed by atoms with Gasteiger partial charge in [0.15, 0.2) is 11.3 Å². The molecule has 1 atom stereocenters. The monoisotopic (exact) mass is 365 g/mol. The Kier molecular flexibility index (Phi) is 4.64. The van der Waals surface area contributed by atoms with E-state index in [4.69, 9.17) is 13.9 Å². The van der Waals surface area contributed by atoms with E-state index < -0.39 is 11.5 Å². The first-order valence-electron chi connectivity index (χ1n) is 8.73. The Bertz CT molecular complexity index is 1060. The molecule has 2 heterocycles. The van der Waals surface area contributed by atoms with Crippen LogP contribution in [0.15, 0.2) is 57.7 Å². The van der Waals surface area contributed by atoms with Crippen LogP contribution in [0.25, 0.3) is 11.0 Å². The van der Waals surface area contributed by atoms with E-state index in [1.54, 1.807) is 18.2 Å². The molecule has 0 aliphatic carbocycles. The molecule has 6 heteroatoms. The number of ether oxygens (including phenoxy) is 2. The Hall–Kier alpha value is -3.12. The summed E-state index contributed by atoms with van der Waals surface area (Å²) in [4.78, 5) is 24.7. The third-order valence-corrected chi connectivity index (χ3v) is 4.72. The fourth-order valence-corrected chi connectivity index (χ4v) is 3.28. The maximum absolute atomic E-state index is 12.5. The first-order chi connectivity index (χ1) is 13.2. The number of amides is 1. The van der Waals surface area contributed by atoms with Crippen LogP contribution in [0, 0.1) is 0 Å². The minimum Gasteiger partial charge on any atom is -0.493 e. The minimum atomic E-state index is -0.695. The quantitative estimate of drug-likeness (QED) is 0.719. The van der Waals surface area contributed by atoms with Crippen LogP contribution in [0.2, 0.25) is 0 Å². The zero-order chi connectivity index (χ0) is 18.8. The number of para-hydroxylation sites is 1. The molecule has 0 spiro atoms. The summed E-state index contributed by atoms with van der Waals surface area (Å²) < 4.78 is 16.3. The normalized spacial score (nSPS) is 16.0. The summed E-state index contributed by atoms with van der Waals surface area (Å²) in [5.41, 5.74) is 1.99. The van der Waals surface area contributed by atoms with E-state index >= 15 is 0 Å². The molecule has 2 aromatic carbocycles. The van der Waals surface area contributed by atoms with Crippen molar-refractivity contribution in [2.45, 2.75) is 19.1 Å². The molecule has 1 N–H and O–H groups in total. The van der Waals surface area contributed by atoms with Crippen LogP contribution in [0.5, 0.6) is 5.75 Å². The third-order valence-electron chi connectivity index (χ3n) is 4.72. The summed E-state index contributed by atoms with van der Waals surface area (Å²) in [6, 6.07) is 14.8. The highest BCUT2D eigenvalue weighted by molar-refractivity contribution is 5.97. The van der Waals surface area contributed by atoms with Gasteiger partial charge in [0.05, 0.1) is 19.8 Å². The number of benzene rings is 2. The Balaban J connectivity index is 1.49. The Labute approximate surface area is 155 Å². The Morgan fingerprint density at radius 3 is 2.81 bits per heavy atom. The van der Waals surface area contributed by atoms with Crippen molar-refractivity contribution in [2.24, 2.45) is 0 Å². The van der Waals surface area contributed by atoms with Gasteiger partial charge >= 0.3 is 5.63 Å². The van der Waals surface area contributed by atoms with E-state index in [1.807, 2.05) is 18.2 Å². The molecular formula is C21H19NO5. The molecule has 0 bridgehead atoms. The van der Waals surface area contributed by atoms with Gasteiger partial charge in [0.25, 0.3) is 5.91 Å². The van der Waals surface area contributed by atoms with Gasteiger partial charge < -0.3 is 19.2 Å². The average molecular weight is 365 g/mol. The predicted molar refractivity (Wildman–Crippen MR) is 100 cm³/mol. The van der Waals surface area contributed by atoms with Crippen molar-refractivity contribution in [1.82, 2.24) is 5.32 Å². The van der Waals surface area contributed by atoms with Crippen LogP contribution in [0.4, 0.5) is 0 Å². The lowest BCUT2D eigenvalue weighted by Gasteiger charge is -2.25. The smallest absolute Gasteiger partial charge is 0.349 e. The maximum Gasteiger partial charge on any atom is 0.349 e. The molecule has 1 aromatic heterocycles. The van der Waals surface area contributed by atoms with Crippen molar-refractivity contribution in [3.05, 3.63) is 75.6 Å². The molecule has 1 aliphatic rings.